The Hall–Kier alpha value is -2.50. The molecule has 6 nitrogen and oxygen atoms in total. The minimum atomic E-state index is -0.0751. The SMILES string of the molecule is COc1cc2c(cc1O)NC(=O)CC2c1cn[nH]c1C1CCCCC1. The second-order valence-electron chi connectivity index (χ2n) is 6.99. The van der Waals surface area contributed by atoms with Gasteiger partial charge in [-0.25, -0.2) is 0 Å². The molecule has 2 aliphatic rings. The smallest absolute Gasteiger partial charge is 0.225 e. The monoisotopic (exact) mass is 341 g/mol. The Bertz CT molecular complexity index is 793. The van der Waals surface area contributed by atoms with Crippen molar-refractivity contribution in [2.45, 2.75) is 50.4 Å². The van der Waals surface area contributed by atoms with Gasteiger partial charge in [-0.1, -0.05) is 19.3 Å². The van der Waals surface area contributed by atoms with Gasteiger partial charge >= 0.3 is 0 Å². The summed E-state index contributed by atoms with van der Waals surface area (Å²) in [6.07, 6.45) is 8.35. The van der Waals surface area contributed by atoms with E-state index in [-0.39, 0.29) is 17.6 Å². The van der Waals surface area contributed by atoms with E-state index >= 15 is 0 Å². The third kappa shape index (κ3) is 2.86. The number of nitrogens with zero attached hydrogens (tertiary/aromatic N) is 1. The topological polar surface area (TPSA) is 87.2 Å². The Labute approximate surface area is 146 Å². The number of aromatic nitrogens is 2. The molecule has 1 fully saturated rings. The Kier molecular flexibility index (Phi) is 4.11. The Balaban J connectivity index is 1.77. The molecule has 1 atom stereocenters. The number of carbonyl (C=O) groups excluding carboxylic acids is 1. The van der Waals surface area contributed by atoms with E-state index in [1.54, 1.807) is 6.07 Å². The Morgan fingerprint density at radius 2 is 2.00 bits per heavy atom. The molecule has 1 saturated carbocycles. The lowest BCUT2D eigenvalue weighted by Crippen LogP contribution is -2.24. The molecule has 1 amide bonds. The van der Waals surface area contributed by atoms with Gasteiger partial charge in [-0.05, 0) is 24.5 Å². The first kappa shape index (κ1) is 16.0. The molecule has 1 aromatic carbocycles. The van der Waals surface area contributed by atoms with Crippen LogP contribution < -0.4 is 10.1 Å². The molecule has 132 valence electrons. The maximum Gasteiger partial charge on any atom is 0.225 e. The Morgan fingerprint density at radius 3 is 2.76 bits per heavy atom. The van der Waals surface area contributed by atoms with Gasteiger partial charge in [0.15, 0.2) is 11.5 Å². The molecule has 0 radical (unpaired) electrons. The largest absolute Gasteiger partial charge is 0.504 e. The van der Waals surface area contributed by atoms with Gasteiger partial charge < -0.3 is 15.2 Å². The van der Waals surface area contributed by atoms with Crippen LogP contribution in [0.5, 0.6) is 11.5 Å². The molecule has 25 heavy (non-hydrogen) atoms. The van der Waals surface area contributed by atoms with Crippen molar-refractivity contribution in [3.63, 3.8) is 0 Å². The maximum absolute atomic E-state index is 12.2. The summed E-state index contributed by atoms with van der Waals surface area (Å²) in [6, 6.07) is 3.39. The van der Waals surface area contributed by atoms with Gasteiger partial charge in [-0.15, -0.1) is 0 Å². The molecule has 3 N–H and O–H groups in total. The van der Waals surface area contributed by atoms with Crippen LogP contribution in [-0.4, -0.2) is 28.3 Å². The van der Waals surface area contributed by atoms with Crippen LogP contribution in [0.25, 0.3) is 0 Å². The molecule has 4 rings (SSSR count). The number of carbonyl (C=O) groups is 1. The lowest BCUT2D eigenvalue weighted by atomic mass is 9.79. The number of aromatic hydroxyl groups is 1. The fourth-order valence-corrected chi connectivity index (χ4v) is 4.22. The molecule has 2 aromatic rings. The summed E-state index contributed by atoms with van der Waals surface area (Å²) in [7, 11) is 1.53. The highest BCUT2D eigenvalue weighted by Gasteiger charge is 2.32. The lowest BCUT2D eigenvalue weighted by molar-refractivity contribution is -0.116. The van der Waals surface area contributed by atoms with Gasteiger partial charge in [0.2, 0.25) is 5.91 Å². The number of phenolic OH excluding ortho intramolecular Hbond substituents is 1. The summed E-state index contributed by atoms with van der Waals surface area (Å²) in [5.41, 5.74) is 3.87. The van der Waals surface area contributed by atoms with Crippen molar-refractivity contribution in [3.8, 4) is 11.5 Å². The third-order valence-corrected chi connectivity index (χ3v) is 5.48. The Morgan fingerprint density at radius 1 is 1.20 bits per heavy atom. The maximum atomic E-state index is 12.2. The quantitative estimate of drug-likeness (QED) is 0.795. The van der Waals surface area contributed by atoms with Gasteiger partial charge in [0.1, 0.15) is 0 Å². The molecule has 1 aliphatic carbocycles. The van der Waals surface area contributed by atoms with Crippen LogP contribution in [-0.2, 0) is 4.79 Å². The summed E-state index contributed by atoms with van der Waals surface area (Å²) >= 11 is 0. The average Bonchev–Trinajstić information content (AvgIpc) is 3.10. The fourth-order valence-electron chi connectivity index (χ4n) is 4.22. The number of anilines is 1. The first-order valence-corrected chi connectivity index (χ1v) is 8.91. The first-order chi connectivity index (χ1) is 12.2. The number of benzene rings is 1. The highest BCUT2D eigenvalue weighted by atomic mass is 16.5. The predicted octanol–water partition coefficient (Wildman–Crippen LogP) is 3.65. The van der Waals surface area contributed by atoms with E-state index in [2.05, 4.69) is 15.5 Å². The average molecular weight is 341 g/mol. The van der Waals surface area contributed by atoms with Gasteiger partial charge in [0.05, 0.1) is 13.3 Å². The number of H-pyrrole nitrogens is 1. The molecule has 0 bridgehead atoms. The van der Waals surface area contributed by atoms with Crippen LogP contribution >= 0.6 is 0 Å². The number of hydrogen-bond donors (Lipinski definition) is 3. The number of fused-ring (bicyclic) bond motifs is 1. The van der Waals surface area contributed by atoms with E-state index in [0.717, 1.165) is 16.8 Å². The van der Waals surface area contributed by atoms with Gasteiger partial charge in [-0.3, -0.25) is 9.89 Å². The minimum absolute atomic E-state index is 0.0295. The van der Waals surface area contributed by atoms with Crippen molar-refractivity contribution in [3.05, 3.63) is 35.2 Å². The third-order valence-electron chi connectivity index (χ3n) is 5.48. The van der Waals surface area contributed by atoms with Crippen molar-refractivity contribution in [2.24, 2.45) is 0 Å². The van der Waals surface area contributed by atoms with E-state index in [9.17, 15) is 9.90 Å². The lowest BCUT2D eigenvalue weighted by Gasteiger charge is -2.28. The molecular weight excluding hydrogens is 318 g/mol. The van der Waals surface area contributed by atoms with E-state index in [1.807, 2.05) is 12.3 Å². The van der Waals surface area contributed by atoms with Crippen LogP contribution in [0, 0.1) is 0 Å². The second-order valence-corrected chi connectivity index (χ2v) is 6.99. The summed E-state index contributed by atoms with van der Waals surface area (Å²) in [4.78, 5) is 12.2. The van der Waals surface area contributed by atoms with Gasteiger partial charge in [-0.2, -0.15) is 5.10 Å². The van der Waals surface area contributed by atoms with Gasteiger partial charge in [0, 0.05) is 41.3 Å². The number of aromatic amines is 1. The summed E-state index contributed by atoms with van der Waals surface area (Å²) in [5, 5.41) is 20.4. The zero-order chi connectivity index (χ0) is 17.4. The van der Waals surface area contributed by atoms with Crippen LogP contribution in [0.4, 0.5) is 5.69 Å². The standard InChI is InChI=1S/C19H23N3O3/c1-25-17-7-13-12(8-18(24)21-15(13)9-16(17)23)14-10-20-22-19(14)11-5-3-2-4-6-11/h7,9-12,23H,2-6,8H2,1H3,(H,20,22)(H,21,24). The molecule has 2 heterocycles. The van der Waals surface area contributed by atoms with Crippen LogP contribution in [0.1, 0.15) is 67.2 Å². The van der Waals surface area contributed by atoms with Crippen molar-refractivity contribution in [1.82, 2.24) is 10.2 Å². The van der Waals surface area contributed by atoms with Crippen molar-refractivity contribution >= 4 is 11.6 Å². The van der Waals surface area contributed by atoms with E-state index in [0.29, 0.717) is 23.8 Å². The predicted molar refractivity (Wildman–Crippen MR) is 94.2 cm³/mol. The number of hydrogen-bond acceptors (Lipinski definition) is 4. The molecular formula is C19H23N3O3. The van der Waals surface area contributed by atoms with Crippen LogP contribution in [0.3, 0.4) is 0 Å². The molecule has 6 heteroatoms. The number of amides is 1. The van der Waals surface area contributed by atoms with Crippen molar-refractivity contribution in [1.29, 1.82) is 0 Å². The zero-order valence-electron chi connectivity index (χ0n) is 14.3. The molecule has 0 spiro atoms. The van der Waals surface area contributed by atoms with Crippen molar-refractivity contribution < 1.29 is 14.6 Å². The molecule has 1 aliphatic heterocycles. The zero-order valence-corrected chi connectivity index (χ0v) is 14.3. The van der Waals surface area contributed by atoms with Crippen LogP contribution in [0.2, 0.25) is 0 Å². The fraction of sp³-hybridized carbons (Fsp3) is 0.474. The van der Waals surface area contributed by atoms with Gasteiger partial charge in [0.25, 0.3) is 0 Å². The number of phenols is 1. The summed E-state index contributed by atoms with van der Waals surface area (Å²) < 4.78 is 5.26. The van der Waals surface area contributed by atoms with Crippen LogP contribution in [0.15, 0.2) is 18.3 Å². The highest BCUT2D eigenvalue weighted by Crippen LogP contribution is 2.45. The first-order valence-electron chi connectivity index (χ1n) is 8.91. The number of rotatable bonds is 3. The van der Waals surface area contributed by atoms with E-state index in [4.69, 9.17) is 4.74 Å². The van der Waals surface area contributed by atoms with E-state index in [1.165, 1.54) is 39.2 Å². The van der Waals surface area contributed by atoms with Crippen molar-refractivity contribution in [2.75, 3.05) is 12.4 Å². The van der Waals surface area contributed by atoms with E-state index < -0.39 is 0 Å². The molecule has 1 aromatic heterocycles. The number of ether oxygens (including phenoxy) is 1. The second kappa shape index (κ2) is 6.43. The minimum Gasteiger partial charge on any atom is -0.504 e. The number of methoxy groups -OCH3 is 1. The normalized spacial score (nSPS) is 20.8. The summed E-state index contributed by atoms with van der Waals surface area (Å²) in [5.74, 6) is 0.815. The highest BCUT2D eigenvalue weighted by molar-refractivity contribution is 5.96. The molecule has 1 unspecified atom stereocenters. The molecule has 0 saturated heterocycles. The summed E-state index contributed by atoms with van der Waals surface area (Å²) in [6.45, 7) is 0. The number of nitrogens with one attached hydrogen (secondary N) is 2.